The Morgan fingerprint density at radius 2 is 2.00 bits per heavy atom. The number of hydrogen-bond donors (Lipinski definition) is 0. The van der Waals surface area contributed by atoms with E-state index in [9.17, 15) is 14.4 Å². The van der Waals surface area contributed by atoms with Crippen molar-refractivity contribution in [3.8, 4) is 0 Å². The molecule has 1 heterocycles. The van der Waals surface area contributed by atoms with Crippen LogP contribution in [0.5, 0.6) is 0 Å². The van der Waals surface area contributed by atoms with E-state index in [2.05, 4.69) is 0 Å². The van der Waals surface area contributed by atoms with Crippen LogP contribution in [-0.2, 0) is 16.0 Å². The van der Waals surface area contributed by atoms with Crippen molar-refractivity contribution in [2.75, 3.05) is 6.54 Å². The lowest BCUT2D eigenvalue weighted by atomic mass is 9.97. The zero-order valence-corrected chi connectivity index (χ0v) is 11.2. The molecule has 0 radical (unpaired) electrons. The number of fused-ring (bicyclic) bond motifs is 1. The molecule has 0 fully saturated rings. The first-order chi connectivity index (χ1) is 9.04. The van der Waals surface area contributed by atoms with Crippen LogP contribution >= 0.6 is 0 Å². The maximum Gasteiger partial charge on any atom is 0.261 e. The quantitative estimate of drug-likeness (QED) is 0.775. The maximum absolute atomic E-state index is 12.2. The number of Topliss-reactive ketones (excluding diaryl/α,β-unsaturated/α-hetero) is 1. The number of benzene rings is 1. The van der Waals surface area contributed by atoms with E-state index in [1.54, 1.807) is 24.3 Å². The molecule has 1 aliphatic rings. The first-order valence-electron chi connectivity index (χ1n) is 6.50. The Labute approximate surface area is 112 Å². The van der Waals surface area contributed by atoms with Crippen molar-refractivity contribution in [1.29, 1.82) is 0 Å². The lowest BCUT2D eigenvalue weighted by Crippen LogP contribution is -2.45. The molecule has 1 aromatic carbocycles. The van der Waals surface area contributed by atoms with E-state index in [0.717, 1.165) is 10.5 Å². The molecule has 1 atom stereocenters. The van der Waals surface area contributed by atoms with Gasteiger partial charge in [-0.15, -0.1) is 0 Å². The van der Waals surface area contributed by atoms with E-state index in [1.807, 2.05) is 13.8 Å². The molecule has 1 aromatic rings. The standard InChI is InChI=1S/C15H17NO3/c1-3-10(2)13(17)9-16-14(18)8-11-6-4-5-7-12(11)15(16)19/h4-7,10H,3,8-9H2,1-2H3. The molecule has 1 aliphatic heterocycles. The zero-order valence-electron chi connectivity index (χ0n) is 11.2. The first-order valence-corrected chi connectivity index (χ1v) is 6.50. The Morgan fingerprint density at radius 1 is 1.32 bits per heavy atom. The molecule has 4 nitrogen and oxygen atoms in total. The van der Waals surface area contributed by atoms with Crippen LogP contribution in [0.4, 0.5) is 0 Å². The van der Waals surface area contributed by atoms with Gasteiger partial charge >= 0.3 is 0 Å². The van der Waals surface area contributed by atoms with Crippen LogP contribution in [0, 0.1) is 5.92 Å². The van der Waals surface area contributed by atoms with Crippen molar-refractivity contribution in [2.45, 2.75) is 26.7 Å². The normalized spacial score (nSPS) is 16.2. The highest BCUT2D eigenvalue weighted by molar-refractivity contribution is 6.11. The summed E-state index contributed by atoms with van der Waals surface area (Å²) in [6.45, 7) is 3.62. The third kappa shape index (κ3) is 2.57. The summed E-state index contributed by atoms with van der Waals surface area (Å²) in [5.41, 5.74) is 1.27. The van der Waals surface area contributed by atoms with E-state index >= 15 is 0 Å². The van der Waals surface area contributed by atoms with Crippen LogP contribution < -0.4 is 0 Å². The summed E-state index contributed by atoms with van der Waals surface area (Å²) >= 11 is 0. The summed E-state index contributed by atoms with van der Waals surface area (Å²) in [4.78, 5) is 37.2. The van der Waals surface area contributed by atoms with Crippen LogP contribution in [0.2, 0.25) is 0 Å². The second-order valence-electron chi connectivity index (χ2n) is 4.89. The Kier molecular flexibility index (Phi) is 3.79. The minimum atomic E-state index is -0.358. The number of carbonyl (C=O) groups excluding carboxylic acids is 3. The van der Waals surface area contributed by atoms with E-state index in [-0.39, 0.29) is 36.5 Å². The lowest BCUT2D eigenvalue weighted by Gasteiger charge is -2.26. The molecule has 0 N–H and O–H groups in total. The van der Waals surface area contributed by atoms with Gasteiger partial charge in [0.25, 0.3) is 5.91 Å². The highest BCUT2D eigenvalue weighted by atomic mass is 16.2. The second-order valence-corrected chi connectivity index (χ2v) is 4.89. The zero-order chi connectivity index (χ0) is 14.0. The first kappa shape index (κ1) is 13.5. The highest BCUT2D eigenvalue weighted by Crippen LogP contribution is 2.20. The number of rotatable bonds is 4. The lowest BCUT2D eigenvalue weighted by molar-refractivity contribution is -0.133. The number of hydrogen-bond acceptors (Lipinski definition) is 3. The van der Waals surface area contributed by atoms with Gasteiger partial charge in [-0.05, 0) is 18.1 Å². The summed E-state index contributed by atoms with van der Waals surface area (Å²) in [6, 6.07) is 7.05. The predicted octanol–water partition coefficient (Wildman–Crippen LogP) is 1.83. The average molecular weight is 259 g/mol. The van der Waals surface area contributed by atoms with Gasteiger partial charge in [0.2, 0.25) is 5.91 Å². The van der Waals surface area contributed by atoms with Gasteiger partial charge in [-0.2, -0.15) is 0 Å². The van der Waals surface area contributed by atoms with Gasteiger partial charge in [0.15, 0.2) is 5.78 Å². The van der Waals surface area contributed by atoms with Gasteiger partial charge in [-0.3, -0.25) is 19.3 Å². The fraction of sp³-hybridized carbons (Fsp3) is 0.400. The van der Waals surface area contributed by atoms with Crippen molar-refractivity contribution in [2.24, 2.45) is 5.92 Å². The van der Waals surface area contributed by atoms with Gasteiger partial charge in [0.05, 0.1) is 13.0 Å². The molecule has 1 unspecified atom stereocenters. The van der Waals surface area contributed by atoms with Crippen LogP contribution in [-0.4, -0.2) is 29.0 Å². The van der Waals surface area contributed by atoms with Crippen molar-refractivity contribution in [3.63, 3.8) is 0 Å². The smallest absolute Gasteiger partial charge is 0.261 e. The molecule has 2 amide bonds. The van der Waals surface area contributed by atoms with Crippen molar-refractivity contribution < 1.29 is 14.4 Å². The Bertz CT molecular complexity index is 536. The number of ketones is 1. The van der Waals surface area contributed by atoms with Crippen LogP contribution in [0.25, 0.3) is 0 Å². The number of imide groups is 1. The molecule has 2 rings (SSSR count). The van der Waals surface area contributed by atoms with Crippen molar-refractivity contribution in [1.82, 2.24) is 4.90 Å². The third-order valence-electron chi connectivity index (χ3n) is 3.61. The largest absolute Gasteiger partial charge is 0.297 e. The fourth-order valence-electron chi connectivity index (χ4n) is 2.10. The monoisotopic (exact) mass is 259 g/mol. The van der Waals surface area contributed by atoms with Gasteiger partial charge in [0, 0.05) is 11.5 Å². The molecule has 4 heteroatoms. The van der Waals surface area contributed by atoms with Crippen LogP contribution in [0.3, 0.4) is 0 Å². The van der Waals surface area contributed by atoms with E-state index < -0.39 is 0 Å². The highest BCUT2D eigenvalue weighted by Gasteiger charge is 2.32. The SMILES string of the molecule is CCC(C)C(=O)CN1C(=O)Cc2ccccc2C1=O. The summed E-state index contributed by atoms with van der Waals surface area (Å²) < 4.78 is 0. The fourth-order valence-corrected chi connectivity index (χ4v) is 2.10. The van der Waals surface area contributed by atoms with Gasteiger partial charge in [0.1, 0.15) is 0 Å². The van der Waals surface area contributed by atoms with Crippen molar-refractivity contribution in [3.05, 3.63) is 35.4 Å². The Balaban J connectivity index is 2.22. The molecule has 0 spiro atoms. The Hall–Kier alpha value is -1.97. The average Bonchev–Trinajstić information content (AvgIpc) is 2.42. The topological polar surface area (TPSA) is 54.5 Å². The summed E-state index contributed by atoms with van der Waals surface area (Å²) in [6.07, 6.45) is 0.904. The van der Waals surface area contributed by atoms with Gasteiger partial charge < -0.3 is 0 Å². The van der Waals surface area contributed by atoms with Crippen LogP contribution in [0.15, 0.2) is 24.3 Å². The molecule has 0 aliphatic carbocycles. The molecule has 100 valence electrons. The van der Waals surface area contributed by atoms with E-state index in [4.69, 9.17) is 0 Å². The maximum atomic E-state index is 12.2. The minimum Gasteiger partial charge on any atom is -0.297 e. The summed E-state index contributed by atoms with van der Waals surface area (Å²) in [7, 11) is 0. The van der Waals surface area contributed by atoms with E-state index in [1.165, 1.54) is 0 Å². The van der Waals surface area contributed by atoms with Gasteiger partial charge in [-0.1, -0.05) is 32.0 Å². The van der Waals surface area contributed by atoms with Crippen LogP contribution in [0.1, 0.15) is 36.2 Å². The van der Waals surface area contributed by atoms with E-state index in [0.29, 0.717) is 12.0 Å². The second kappa shape index (κ2) is 5.34. The molecule has 0 bridgehead atoms. The molecule has 19 heavy (non-hydrogen) atoms. The predicted molar refractivity (Wildman–Crippen MR) is 70.7 cm³/mol. The Morgan fingerprint density at radius 3 is 2.68 bits per heavy atom. The molecule has 0 saturated heterocycles. The third-order valence-corrected chi connectivity index (χ3v) is 3.61. The number of amides is 2. The van der Waals surface area contributed by atoms with Gasteiger partial charge in [-0.25, -0.2) is 0 Å². The molecular formula is C15H17NO3. The van der Waals surface area contributed by atoms with Crippen molar-refractivity contribution >= 4 is 17.6 Å². The minimum absolute atomic E-state index is 0.0661. The molecule has 0 aromatic heterocycles. The summed E-state index contributed by atoms with van der Waals surface area (Å²) in [5, 5.41) is 0. The molecule has 0 saturated carbocycles. The number of carbonyl (C=O) groups is 3. The molecular weight excluding hydrogens is 242 g/mol. The summed E-state index contributed by atoms with van der Waals surface area (Å²) in [5.74, 6) is -0.842. The number of nitrogens with zero attached hydrogens (tertiary/aromatic N) is 1.